The molecule has 0 saturated carbocycles. The third kappa shape index (κ3) is 5.23. The number of anilines is 1. The van der Waals surface area contributed by atoms with Crippen molar-refractivity contribution in [3.63, 3.8) is 0 Å². The number of hydrogen-bond donors (Lipinski definition) is 1. The van der Waals surface area contributed by atoms with Crippen molar-refractivity contribution in [2.45, 2.75) is 65.6 Å². The number of aryl methyl sites for hydroxylation is 2. The first kappa shape index (κ1) is 23.3. The Hall–Kier alpha value is -2.82. The summed E-state index contributed by atoms with van der Waals surface area (Å²) in [5.74, 6) is 0.857. The standard InChI is InChI=1S/C29H35NO3/c1-6-31-27-25-17-24(30-18-22-13-9-7-11-20(22)2)15-16-26(25)33-29(4,5)28(27)32-19-23-14-10-8-12-21(23)3/h7-17,27-28,30H,6,18-19H2,1-5H3. The van der Waals surface area contributed by atoms with Crippen LogP contribution >= 0.6 is 0 Å². The minimum absolute atomic E-state index is 0.210. The van der Waals surface area contributed by atoms with Gasteiger partial charge in [0, 0.05) is 24.4 Å². The van der Waals surface area contributed by atoms with Crippen molar-refractivity contribution in [2.24, 2.45) is 0 Å². The summed E-state index contributed by atoms with van der Waals surface area (Å²) in [6, 6.07) is 23.0. The highest BCUT2D eigenvalue weighted by Crippen LogP contribution is 2.44. The van der Waals surface area contributed by atoms with Gasteiger partial charge in [0.1, 0.15) is 23.6 Å². The minimum Gasteiger partial charge on any atom is -0.485 e. The van der Waals surface area contributed by atoms with Crippen LogP contribution in [0.15, 0.2) is 66.7 Å². The summed E-state index contributed by atoms with van der Waals surface area (Å²) in [4.78, 5) is 0. The van der Waals surface area contributed by atoms with Crippen LogP contribution in [0.1, 0.15) is 54.7 Å². The van der Waals surface area contributed by atoms with Gasteiger partial charge in [-0.25, -0.2) is 0 Å². The zero-order chi connectivity index (χ0) is 23.4. The molecule has 0 spiro atoms. The fourth-order valence-corrected chi connectivity index (χ4v) is 4.44. The Bertz CT molecular complexity index is 1090. The molecule has 33 heavy (non-hydrogen) atoms. The number of nitrogens with one attached hydrogen (secondary N) is 1. The first-order valence-electron chi connectivity index (χ1n) is 11.8. The molecule has 174 valence electrons. The molecule has 0 aliphatic carbocycles. The molecule has 4 rings (SSSR count). The average Bonchev–Trinajstić information content (AvgIpc) is 2.79. The Labute approximate surface area is 197 Å². The van der Waals surface area contributed by atoms with Gasteiger partial charge in [-0.2, -0.15) is 0 Å². The lowest BCUT2D eigenvalue weighted by molar-refractivity contribution is -0.166. The van der Waals surface area contributed by atoms with Gasteiger partial charge in [-0.05, 0) is 75.1 Å². The molecule has 0 amide bonds. The molecule has 3 aromatic carbocycles. The summed E-state index contributed by atoms with van der Waals surface area (Å²) < 4.78 is 19.2. The van der Waals surface area contributed by atoms with E-state index in [1.807, 2.05) is 13.0 Å². The Morgan fingerprint density at radius 1 is 0.879 bits per heavy atom. The van der Waals surface area contributed by atoms with Gasteiger partial charge in [0.25, 0.3) is 0 Å². The normalized spacial score (nSPS) is 18.9. The Kier molecular flexibility index (Phi) is 7.06. The first-order valence-corrected chi connectivity index (χ1v) is 11.8. The van der Waals surface area contributed by atoms with E-state index in [1.54, 1.807) is 0 Å². The van der Waals surface area contributed by atoms with E-state index in [0.717, 1.165) is 23.5 Å². The van der Waals surface area contributed by atoms with Crippen molar-refractivity contribution in [2.75, 3.05) is 11.9 Å². The number of ether oxygens (including phenoxy) is 3. The zero-order valence-corrected chi connectivity index (χ0v) is 20.4. The molecule has 0 aromatic heterocycles. The average molecular weight is 446 g/mol. The van der Waals surface area contributed by atoms with E-state index in [4.69, 9.17) is 14.2 Å². The third-order valence-electron chi connectivity index (χ3n) is 6.42. The number of fused-ring (bicyclic) bond motifs is 1. The van der Waals surface area contributed by atoms with Crippen molar-refractivity contribution < 1.29 is 14.2 Å². The molecule has 3 aromatic rings. The molecule has 2 atom stereocenters. The van der Waals surface area contributed by atoms with Crippen LogP contribution in [-0.2, 0) is 22.6 Å². The van der Waals surface area contributed by atoms with Crippen molar-refractivity contribution in [3.8, 4) is 5.75 Å². The molecule has 1 aliphatic rings. The summed E-state index contributed by atoms with van der Waals surface area (Å²) in [6.45, 7) is 12.3. The maximum atomic E-state index is 6.50. The van der Waals surface area contributed by atoms with Gasteiger partial charge in [0.2, 0.25) is 0 Å². The van der Waals surface area contributed by atoms with Gasteiger partial charge < -0.3 is 19.5 Å². The Balaban J connectivity index is 1.58. The molecule has 0 radical (unpaired) electrons. The molecule has 0 fully saturated rings. The topological polar surface area (TPSA) is 39.7 Å². The summed E-state index contributed by atoms with van der Waals surface area (Å²) in [7, 11) is 0. The van der Waals surface area contributed by atoms with E-state index in [-0.39, 0.29) is 12.2 Å². The van der Waals surface area contributed by atoms with E-state index < -0.39 is 5.60 Å². The lowest BCUT2D eigenvalue weighted by Crippen LogP contribution is -2.51. The lowest BCUT2D eigenvalue weighted by atomic mass is 9.87. The number of hydrogen-bond acceptors (Lipinski definition) is 4. The van der Waals surface area contributed by atoms with Crippen molar-refractivity contribution >= 4 is 5.69 Å². The van der Waals surface area contributed by atoms with Crippen LogP contribution < -0.4 is 10.1 Å². The van der Waals surface area contributed by atoms with Gasteiger partial charge in [-0.15, -0.1) is 0 Å². The van der Waals surface area contributed by atoms with Crippen molar-refractivity contribution in [3.05, 3.63) is 94.5 Å². The smallest absolute Gasteiger partial charge is 0.132 e. The summed E-state index contributed by atoms with van der Waals surface area (Å²) in [6.07, 6.45) is -0.450. The van der Waals surface area contributed by atoms with Crippen LogP contribution in [0.4, 0.5) is 5.69 Å². The van der Waals surface area contributed by atoms with E-state index in [9.17, 15) is 0 Å². The minimum atomic E-state index is -0.522. The Morgan fingerprint density at radius 2 is 1.55 bits per heavy atom. The van der Waals surface area contributed by atoms with Gasteiger partial charge in [-0.1, -0.05) is 48.5 Å². The SMILES string of the molecule is CCOC1c2cc(NCc3ccccc3C)ccc2OC(C)(C)C1OCc1ccccc1C. The van der Waals surface area contributed by atoms with Crippen LogP contribution in [0.3, 0.4) is 0 Å². The van der Waals surface area contributed by atoms with Gasteiger partial charge in [0.15, 0.2) is 0 Å². The molecule has 0 bridgehead atoms. The fraction of sp³-hybridized carbons (Fsp3) is 0.379. The highest BCUT2D eigenvalue weighted by atomic mass is 16.6. The van der Waals surface area contributed by atoms with Gasteiger partial charge >= 0.3 is 0 Å². The molecular formula is C29H35NO3. The van der Waals surface area contributed by atoms with Gasteiger partial charge in [-0.3, -0.25) is 0 Å². The highest BCUT2D eigenvalue weighted by Gasteiger charge is 2.45. The molecular weight excluding hydrogens is 410 g/mol. The predicted octanol–water partition coefficient (Wildman–Crippen LogP) is 6.75. The second-order valence-electron chi connectivity index (χ2n) is 9.27. The predicted molar refractivity (Wildman–Crippen MR) is 134 cm³/mol. The summed E-state index contributed by atoms with van der Waals surface area (Å²) in [5.41, 5.74) is 6.53. The zero-order valence-electron chi connectivity index (χ0n) is 20.4. The lowest BCUT2D eigenvalue weighted by Gasteiger charge is -2.44. The molecule has 1 aliphatic heterocycles. The van der Waals surface area contributed by atoms with E-state index >= 15 is 0 Å². The van der Waals surface area contributed by atoms with E-state index in [1.165, 1.54) is 22.3 Å². The van der Waals surface area contributed by atoms with E-state index in [2.05, 4.69) is 93.7 Å². The molecule has 4 nitrogen and oxygen atoms in total. The third-order valence-corrected chi connectivity index (χ3v) is 6.42. The molecule has 2 unspecified atom stereocenters. The number of rotatable bonds is 8. The molecule has 1 N–H and O–H groups in total. The van der Waals surface area contributed by atoms with Crippen LogP contribution in [0, 0.1) is 13.8 Å². The van der Waals surface area contributed by atoms with Gasteiger partial charge in [0.05, 0.1) is 6.61 Å². The Morgan fingerprint density at radius 3 is 2.21 bits per heavy atom. The number of benzene rings is 3. The maximum absolute atomic E-state index is 6.50. The first-order chi connectivity index (χ1) is 15.9. The monoisotopic (exact) mass is 445 g/mol. The second kappa shape index (κ2) is 9.98. The summed E-state index contributed by atoms with van der Waals surface area (Å²) in [5, 5.41) is 3.56. The quantitative estimate of drug-likeness (QED) is 0.416. The fourth-order valence-electron chi connectivity index (χ4n) is 4.44. The van der Waals surface area contributed by atoms with Crippen molar-refractivity contribution in [1.82, 2.24) is 0 Å². The van der Waals surface area contributed by atoms with Crippen LogP contribution in [0.25, 0.3) is 0 Å². The van der Waals surface area contributed by atoms with E-state index in [0.29, 0.717) is 13.2 Å². The van der Waals surface area contributed by atoms with Crippen LogP contribution in [-0.4, -0.2) is 18.3 Å². The largest absolute Gasteiger partial charge is 0.485 e. The molecule has 0 saturated heterocycles. The molecule has 1 heterocycles. The second-order valence-corrected chi connectivity index (χ2v) is 9.27. The maximum Gasteiger partial charge on any atom is 0.132 e. The summed E-state index contributed by atoms with van der Waals surface area (Å²) >= 11 is 0. The van der Waals surface area contributed by atoms with Crippen LogP contribution in [0.5, 0.6) is 5.75 Å². The van der Waals surface area contributed by atoms with Crippen LogP contribution in [0.2, 0.25) is 0 Å². The highest BCUT2D eigenvalue weighted by molar-refractivity contribution is 5.54. The van der Waals surface area contributed by atoms with Crippen molar-refractivity contribution in [1.29, 1.82) is 0 Å². The molecule has 4 heteroatoms.